The van der Waals surface area contributed by atoms with Crippen LogP contribution in [-0.2, 0) is 9.59 Å². The quantitative estimate of drug-likeness (QED) is 0.517. The van der Waals surface area contributed by atoms with Gasteiger partial charge in [0.25, 0.3) is 0 Å². The minimum Gasteiger partial charge on any atom is -0.333 e. The fraction of sp³-hybridized carbons (Fsp3) is 0.346. The van der Waals surface area contributed by atoms with E-state index in [1.807, 2.05) is 99.1 Å². The van der Waals surface area contributed by atoms with E-state index in [1.54, 1.807) is 4.90 Å². The molecule has 1 aromatic heterocycles. The van der Waals surface area contributed by atoms with Crippen molar-refractivity contribution in [2.45, 2.75) is 34.1 Å². The van der Waals surface area contributed by atoms with Crippen molar-refractivity contribution >= 4 is 17.8 Å². The number of nitrogens with one attached hydrogen (secondary N) is 1. The van der Waals surface area contributed by atoms with Crippen molar-refractivity contribution in [1.82, 2.24) is 14.5 Å². The van der Waals surface area contributed by atoms with E-state index < -0.39 is 0 Å². The van der Waals surface area contributed by atoms with Crippen LogP contribution in [0.2, 0.25) is 0 Å². The summed E-state index contributed by atoms with van der Waals surface area (Å²) in [4.78, 5) is 32.0. The third kappa shape index (κ3) is 6.30. The van der Waals surface area contributed by atoms with E-state index in [4.69, 9.17) is 0 Å². The molecule has 6 heteroatoms. The zero-order chi connectivity index (χ0) is 23.1. The fourth-order valence-electron chi connectivity index (χ4n) is 3.51. The van der Waals surface area contributed by atoms with Crippen LogP contribution in [0.4, 0.5) is 5.95 Å². The number of rotatable bonds is 9. The van der Waals surface area contributed by atoms with Crippen LogP contribution < -0.4 is 5.32 Å². The highest BCUT2D eigenvalue weighted by Gasteiger charge is 2.21. The van der Waals surface area contributed by atoms with Gasteiger partial charge in [-0.05, 0) is 24.0 Å². The van der Waals surface area contributed by atoms with Gasteiger partial charge in [-0.15, -0.1) is 0 Å². The molecule has 0 unspecified atom stereocenters. The topological polar surface area (TPSA) is 67.2 Å². The van der Waals surface area contributed by atoms with Gasteiger partial charge in [-0.25, -0.2) is 4.98 Å². The summed E-state index contributed by atoms with van der Waals surface area (Å²) in [5.41, 5.74) is 2.62. The van der Waals surface area contributed by atoms with Crippen LogP contribution in [0.25, 0.3) is 16.9 Å². The smallest absolute Gasteiger partial charge is 0.246 e. The van der Waals surface area contributed by atoms with E-state index in [9.17, 15) is 9.59 Å². The predicted molar refractivity (Wildman–Crippen MR) is 129 cm³/mol. The molecule has 2 aromatic carbocycles. The standard InChI is InChI=1S/C26H32N4O2/c1-19(2)15-25(32)29(16-20(3)4)18-24(31)28-26-27-23(21-11-7-5-8-12-21)17-30(26)22-13-9-6-10-14-22/h5-14,17,19-20H,15-16,18H2,1-4H3,(H,27,28,31). The van der Waals surface area contributed by atoms with Gasteiger partial charge in [0.05, 0.1) is 12.2 Å². The summed E-state index contributed by atoms with van der Waals surface area (Å²) in [7, 11) is 0. The summed E-state index contributed by atoms with van der Waals surface area (Å²) >= 11 is 0. The normalized spacial score (nSPS) is 11.1. The lowest BCUT2D eigenvalue weighted by Gasteiger charge is -2.25. The van der Waals surface area contributed by atoms with E-state index in [1.165, 1.54) is 0 Å². The van der Waals surface area contributed by atoms with Crippen LogP contribution in [-0.4, -0.2) is 39.4 Å². The Morgan fingerprint density at radius 1 is 0.938 bits per heavy atom. The van der Waals surface area contributed by atoms with E-state index in [2.05, 4.69) is 10.3 Å². The number of nitrogens with zero attached hydrogens (tertiary/aromatic N) is 3. The summed E-state index contributed by atoms with van der Waals surface area (Å²) in [5, 5.41) is 2.93. The third-order valence-electron chi connectivity index (χ3n) is 4.92. The van der Waals surface area contributed by atoms with Crippen LogP contribution in [0.1, 0.15) is 34.1 Å². The van der Waals surface area contributed by atoms with Crippen LogP contribution in [0.3, 0.4) is 0 Å². The Labute approximate surface area is 190 Å². The zero-order valence-electron chi connectivity index (χ0n) is 19.3. The molecule has 1 heterocycles. The summed E-state index contributed by atoms with van der Waals surface area (Å²) in [6, 6.07) is 19.6. The van der Waals surface area contributed by atoms with Gasteiger partial charge in [0.15, 0.2) is 0 Å². The summed E-state index contributed by atoms with van der Waals surface area (Å²) in [6.07, 6.45) is 2.34. The Morgan fingerprint density at radius 3 is 2.16 bits per heavy atom. The molecule has 0 atom stereocenters. The summed E-state index contributed by atoms with van der Waals surface area (Å²) in [5.74, 6) is 0.687. The van der Waals surface area contributed by atoms with E-state index in [-0.39, 0.29) is 30.2 Å². The molecular formula is C26H32N4O2. The number of amides is 2. The largest absolute Gasteiger partial charge is 0.333 e. The molecule has 0 aliphatic carbocycles. The first-order valence-electron chi connectivity index (χ1n) is 11.1. The molecule has 0 saturated carbocycles. The van der Waals surface area contributed by atoms with Crippen molar-refractivity contribution in [3.8, 4) is 16.9 Å². The molecule has 0 spiro atoms. The molecule has 0 aliphatic heterocycles. The lowest BCUT2D eigenvalue weighted by atomic mass is 10.1. The van der Waals surface area contributed by atoms with Gasteiger partial charge in [0, 0.05) is 30.4 Å². The molecule has 0 saturated heterocycles. The highest BCUT2D eigenvalue weighted by Crippen LogP contribution is 2.24. The minimum atomic E-state index is -0.259. The summed E-state index contributed by atoms with van der Waals surface area (Å²) < 4.78 is 1.86. The molecule has 3 aromatic rings. The van der Waals surface area contributed by atoms with Crippen LogP contribution in [0, 0.1) is 11.8 Å². The van der Waals surface area contributed by atoms with Gasteiger partial charge in [0.1, 0.15) is 0 Å². The fourth-order valence-corrected chi connectivity index (χ4v) is 3.51. The second-order valence-electron chi connectivity index (χ2n) is 8.84. The van der Waals surface area contributed by atoms with Crippen LogP contribution in [0.15, 0.2) is 66.9 Å². The Morgan fingerprint density at radius 2 is 1.56 bits per heavy atom. The second kappa shape index (κ2) is 10.8. The summed E-state index contributed by atoms with van der Waals surface area (Å²) in [6.45, 7) is 8.65. The molecule has 6 nitrogen and oxygen atoms in total. The first-order valence-corrected chi connectivity index (χ1v) is 11.1. The number of benzene rings is 2. The van der Waals surface area contributed by atoms with Crippen molar-refractivity contribution in [3.05, 3.63) is 66.9 Å². The van der Waals surface area contributed by atoms with Crippen molar-refractivity contribution in [3.63, 3.8) is 0 Å². The van der Waals surface area contributed by atoms with Crippen molar-refractivity contribution in [1.29, 1.82) is 0 Å². The number of para-hydroxylation sites is 1. The van der Waals surface area contributed by atoms with E-state index >= 15 is 0 Å². The lowest BCUT2D eigenvalue weighted by Crippen LogP contribution is -2.40. The van der Waals surface area contributed by atoms with Crippen molar-refractivity contribution < 1.29 is 9.59 Å². The minimum absolute atomic E-state index is 0.000209. The molecule has 0 radical (unpaired) electrons. The highest BCUT2D eigenvalue weighted by molar-refractivity contribution is 5.94. The molecule has 0 bridgehead atoms. The monoisotopic (exact) mass is 432 g/mol. The van der Waals surface area contributed by atoms with Crippen molar-refractivity contribution in [2.24, 2.45) is 11.8 Å². The Kier molecular flexibility index (Phi) is 7.82. The van der Waals surface area contributed by atoms with Crippen LogP contribution >= 0.6 is 0 Å². The Balaban J connectivity index is 1.85. The number of hydrogen-bond donors (Lipinski definition) is 1. The third-order valence-corrected chi connectivity index (χ3v) is 4.92. The van der Waals surface area contributed by atoms with E-state index in [0.29, 0.717) is 18.9 Å². The molecule has 1 N–H and O–H groups in total. The maximum absolute atomic E-state index is 13.0. The number of carbonyl (C=O) groups is 2. The van der Waals surface area contributed by atoms with Gasteiger partial charge in [0.2, 0.25) is 17.8 Å². The maximum atomic E-state index is 13.0. The highest BCUT2D eigenvalue weighted by atomic mass is 16.2. The maximum Gasteiger partial charge on any atom is 0.246 e. The number of imidazole rings is 1. The molecule has 0 fully saturated rings. The number of hydrogen-bond acceptors (Lipinski definition) is 3. The first kappa shape index (κ1) is 23.3. The molecule has 0 aliphatic rings. The Hall–Kier alpha value is -3.41. The van der Waals surface area contributed by atoms with Gasteiger partial charge in [-0.1, -0.05) is 76.2 Å². The van der Waals surface area contributed by atoms with Crippen molar-refractivity contribution in [2.75, 3.05) is 18.4 Å². The molecule has 3 rings (SSSR count). The lowest BCUT2D eigenvalue weighted by molar-refractivity contribution is -0.135. The van der Waals surface area contributed by atoms with Gasteiger partial charge in [-0.3, -0.25) is 19.5 Å². The van der Waals surface area contributed by atoms with Gasteiger partial charge in [-0.2, -0.15) is 0 Å². The average Bonchev–Trinajstić information content (AvgIpc) is 3.17. The molecular weight excluding hydrogens is 400 g/mol. The number of carbonyl (C=O) groups excluding carboxylic acids is 2. The Bertz CT molecular complexity index is 1030. The number of anilines is 1. The van der Waals surface area contributed by atoms with Gasteiger partial charge >= 0.3 is 0 Å². The average molecular weight is 433 g/mol. The molecule has 2 amide bonds. The van der Waals surface area contributed by atoms with E-state index in [0.717, 1.165) is 16.9 Å². The molecule has 168 valence electrons. The predicted octanol–water partition coefficient (Wildman–Crippen LogP) is 5.01. The SMILES string of the molecule is CC(C)CC(=O)N(CC(=O)Nc1nc(-c2ccccc2)cn1-c1ccccc1)CC(C)C. The number of aromatic nitrogens is 2. The first-order chi connectivity index (χ1) is 15.3. The second-order valence-corrected chi connectivity index (χ2v) is 8.84. The zero-order valence-corrected chi connectivity index (χ0v) is 19.3. The van der Waals surface area contributed by atoms with Crippen LogP contribution in [0.5, 0.6) is 0 Å². The van der Waals surface area contributed by atoms with Gasteiger partial charge < -0.3 is 4.90 Å². The molecule has 32 heavy (non-hydrogen) atoms.